The molecule has 120 valence electrons. The molecule has 1 amide bonds. The lowest BCUT2D eigenvalue weighted by Gasteiger charge is -2.32. The van der Waals surface area contributed by atoms with Gasteiger partial charge in [0.2, 0.25) is 6.41 Å². The van der Waals surface area contributed by atoms with Crippen LogP contribution < -0.4 is 15.5 Å². The van der Waals surface area contributed by atoms with Gasteiger partial charge in [-0.15, -0.1) is 0 Å². The van der Waals surface area contributed by atoms with Crippen molar-refractivity contribution in [2.24, 2.45) is 7.05 Å². The predicted molar refractivity (Wildman–Crippen MR) is 85.8 cm³/mol. The summed E-state index contributed by atoms with van der Waals surface area (Å²) in [6.07, 6.45) is 5.24. The highest BCUT2D eigenvalue weighted by Gasteiger charge is 2.39. The molecule has 7 heteroatoms. The summed E-state index contributed by atoms with van der Waals surface area (Å²) < 4.78 is 15.8. The lowest BCUT2D eigenvalue weighted by atomic mass is 10.0. The van der Waals surface area contributed by atoms with Gasteiger partial charge < -0.3 is 15.5 Å². The number of nitrogens with one attached hydrogen (secondary N) is 2. The van der Waals surface area contributed by atoms with E-state index in [2.05, 4.69) is 20.6 Å². The minimum atomic E-state index is -0.376. The second-order valence-electron chi connectivity index (χ2n) is 6.16. The highest BCUT2D eigenvalue weighted by Crippen LogP contribution is 2.42. The Labute approximate surface area is 133 Å². The highest BCUT2D eigenvalue weighted by molar-refractivity contribution is 5.92. The van der Waals surface area contributed by atoms with E-state index in [0.29, 0.717) is 24.2 Å². The normalized spacial score (nSPS) is 22.6. The van der Waals surface area contributed by atoms with Crippen LogP contribution in [0, 0.1) is 5.82 Å². The van der Waals surface area contributed by atoms with Crippen molar-refractivity contribution in [1.82, 2.24) is 15.1 Å². The second-order valence-corrected chi connectivity index (χ2v) is 6.16. The summed E-state index contributed by atoms with van der Waals surface area (Å²) in [4.78, 5) is 13.3. The molecule has 0 radical (unpaired) electrons. The number of piperazine rings is 1. The molecular weight excluding hydrogens is 297 g/mol. The number of halogens is 1. The minimum Gasteiger partial charge on any atom is -0.363 e. The Hall–Kier alpha value is -2.41. The molecule has 2 N–H and O–H groups in total. The third-order valence-corrected chi connectivity index (χ3v) is 4.65. The number of carbonyl (C=O) groups is 1. The lowest BCUT2D eigenvalue weighted by molar-refractivity contribution is -0.105. The molecular formula is C16H18FN5O. The summed E-state index contributed by atoms with van der Waals surface area (Å²) in [5.74, 6) is -0.376. The number of aryl methyl sites for hydroxylation is 1. The molecule has 1 aromatic carbocycles. The van der Waals surface area contributed by atoms with Crippen molar-refractivity contribution in [1.29, 1.82) is 0 Å². The quantitative estimate of drug-likeness (QED) is 0.836. The van der Waals surface area contributed by atoms with Crippen LogP contribution >= 0.6 is 0 Å². The summed E-state index contributed by atoms with van der Waals surface area (Å²) in [6.45, 7) is 1.77. The number of amides is 1. The average molecular weight is 315 g/mol. The zero-order valence-electron chi connectivity index (χ0n) is 12.8. The Morgan fingerprint density at radius 1 is 1.48 bits per heavy atom. The van der Waals surface area contributed by atoms with Crippen molar-refractivity contribution >= 4 is 17.8 Å². The summed E-state index contributed by atoms with van der Waals surface area (Å²) in [6, 6.07) is 3.72. The zero-order valence-corrected chi connectivity index (χ0v) is 12.8. The minimum absolute atomic E-state index is 0.369. The molecule has 0 saturated carbocycles. The number of benzene rings is 1. The summed E-state index contributed by atoms with van der Waals surface area (Å²) in [7, 11) is 1.83. The molecule has 3 heterocycles. The molecule has 2 saturated heterocycles. The maximum atomic E-state index is 14.1. The van der Waals surface area contributed by atoms with Crippen LogP contribution in [0.25, 0.3) is 11.1 Å². The van der Waals surface area contributed by atoms with Gasteiger partial charge in [0.1, 0.15) is 5.82 Å². The van der Waals surface area contributed by atoms with E-state index in [9.17, 15) is 9.18 Å². The van der Waals surface area contributed by atoms with Gasteiger partial charge in [0, 0.05) is 49.5 Å². The van der Waals surface area contributed by atoms with Crippen LogP contribution in [-0.2, 0) is 11.8 Å². The van der Waals surface area contributed by atoms with E-state index in [4.69, 9.17) is 0 Å². The standard InChI is InChI=1S/C16H18FN5O/c1-21-7-10(5-20-21)14-2-11(17)3-15(19-9-23)16(14)22-8-12-4-13(22)6-18-12/h2-3,5,7,9,12-13,18H,4,6,8H2,1H3,(H,19,23). The molecule has 2 aliphatic heterocycles. The maximum Gasteiger partial charge on any atom is 0.211 e. The van der Waals surface area contributed by atoms with E-state index in [1.54, 1.807) is 10.9 Å². The fourth-order valence-corrected chi connectivity index (χ4v) is 3.70. The van der Waals surface area contributed by atoms with Gasteiger partial charge in [-0.05, 0) is 18.6 Å². The van der Waals surface area contributed by atoms with Gasteiger partial charge in [-0.1, -0.05) is 0 Å². The van der Waals surface area contributed by atoms with Gasteiger partial charge in [-0.3, -0.25) is 9.48 Å². The van der Waals surface area contributed by atoms with Crippen LogP contribution in [0.3, 0.4) is 0 Å². The molecule has 6 nitrogen and oxygen atoms in total. The first-order chi connectivity index (χ1) is 11.2. The Morgan fingerprint density at radius 2 is 2.35 bits per heavy atom. The van der Waals surface area contributed by atoms with E-state index < -0.39 is 0 Å². The topological polar surface area (TPSA) is 62.2 Å². The Bertz CT molecular complexity index is 759. The van der Waals surface area contributed by atoms with Gasteiger partial charge in [0.25, 0.3) is 0 Å². The fraction of sp³-hybridized carbons (Fsp3) is 0.375. The van der Waals surface area contributed by atoms with Crippen molar-refractivity contribution < 1.29 is 9.18 Å². The number of fused-ring (bicyclic) bond motifs is 2. The number of hydrogen-bond acceptors (Lipinski definition) is 4. The number of aromatic nitrogens is 2. The summed E-state index contributed by atoms with van der Waals surface area (Å²) >= 11 is 0. The molecule has 2 fully saturated rings. The third-order valence-electron chi connectivity index (χ3n) is 4.65. The Balaban J connectivity index is 1.88. The van der Waals surface area contributed by atoms with Crippen molar-refractivity contribution in [2.75, 3.05) is 23.3 Å². The van der Waals surface area contributed by atoms with Crippen LogP contribution in [0.1, 0.15) is 6.42 Å². The Morgan fingerprint density at radius 3 is 2.96 bits per heavy atom. The van der Waals surface area contributed by atoms with E-state index in [1.165, 1.54) is 12.1 Å². The van der Waals surface area contributed by atoms with Gasteiger partial charge in [-0.2, -0.15) is 5.10 Å². The third kappa shape index (κ3) is 2.37. The molecule has 23 heavy (non-hydrogen) atoms. The SMILES string of the molecule is Cn1cc(-c2cc(F)cc(NC=O)c2N2CC3CC2CN3)cn1. The van der Waals surface area contributed by atoms with Crippen molar-refractivity contribution in [3.63, 3.8) is 0 Å². The molecule has 2 aromatic rings. The number of rotatable bonds is 4. The molecule has 2 aliphatic rings. The van der Waals surface area contributed by atoms with Crippen molar-refractivity contribution in [2.45, 2.75) is 18.5 Å². The number of hydrogen-bond donors (Lipinski definition) is 2. The highest BCUT2D eigenvalue weighted by atomic mass is 19.1. The first-order valence-electron chi connectivity index (χ1n) is 7.68. The second kappa shape index (κ2) is 5.34. The van der Waals surface area contributed by atoms with Crippen molar-refractivity contribution in [3.05, 3.63) is 30.3 Å². The smallest absolute Gasteiger partial charge is 0.211 e. The number of anilines is 2. The monoisotopic (exact) mass is 315 g/mol. The molecule has 0 aliphatic carbocycles. The largest absolute Gasteiger partial charge is 0.363 e. The fourth-order valence-electron chi connectivity index (χ4n) is 3.70. The van der Waals surface area contributed by atoms with Crippen LogP contribution in [0.5, 0.6) is 0 Å². The van der Waals surface area contributed by atoms with Gasteiger partial charge in [-0.25, -0.2) is 4.39 Å². The molecule has 2 atom stereocenters. The van der Waals surface area contributed by atoms with Crippen molar-refractivity contribution in [3.8, 4) is 11.1 Å². The molecule has 2 unspecified atom stereocenters. The van der Waals surface area contributed by atoms with Gasteiger partial charge in [0.05, 0.1) is 17.6 Å². The zero-order chi connectivity index (χ0) is 16.0. The number of carbonyl (C=O) groups excluding carboxylic acids is 1. The van der Waals surface area contributed by atoms with E-state index >= 15 is 0 Å². The first kappa shape index (κ1) is 14.2. The molecule has 2 bridgehead atoms. The molecule has 0 spiro atoms. The maximum absolute atomic E-state index is 14.1. The molecule has 4 rings (SSSR count). The molecule has 1 aromatic heterocycles. The van der Waals surface area contributed by atoms with Crippen LogP contribution in [0.15, 0.2) is 24.5 Å². The number of nitrogens with zero attached hydrogens (tertiary/aromatic N) is 3. The van der Waals surface area contributed by atoms with Gasteiger partial charge >= 0.3 is 0 Å². The predicted octanol–water partition coefficient (Wildman–Crippen LogP) is 1.34. The van der Waals surface area contributed by atoms with E-state index in [0.717, 1.165) is 36.3 Å². The van der Waals surface area contributed by atoms with Crippen LogP contribution in [0.4, 0.5) is 15.8 Å². The Kier molecular flexibility index (Phi) is 3.30. The van der Waals surface area contributed by atoms with E-state index in [1.807, 2.05) is 13.2 Å². The summed E-state index contributed by atoms with van der Waals surface area (Å²) in [5, 5.41) is 10.3. The average Bonchev–Trinajstić information content (AvgIpc) is 3.23. The summed E-state index contributed by atoms with van der Waals surface area (Å²) in [5.41, 5.74) is 2.98. The van der Waals surface area contributed by atoms with Gasteiger partial charge in [0.15, 0.2) is 0 Å². The van der Waals surface area contributed by atoms with Crippen LogP contribution in [0.2, 0.25) is 0 Å². The first-order valence-corrected chi connectivity index (χ1v) is 7.68. The lowest BCUT2D eigenvalue weighted by Crippen LogP contribution is -2.44. The van der Waals surface area contributed by atoms with E-state index in [-0.39, 0.29) is 5.82 Å². The van der Waals surface area contributed by atoms with Crippen LogP contribution in [-0.4, -0.2) is 41.4 Å².